The highest BCUT2D eigenvalue weighted by Crippen LogP contribution is 2.32. The van der Waals surface area contributed by atoms with Crippen LogP contribution in [0.2, 0.25) is 0 Å². The Balaban J connectivity index is 2.17. The molecule has 0 bridgehead atoms. The highest BCUT2D eigenvalue weighted by molar-refractivity contribution is 7.39. The van der Waals surface area contributed by atoms with E-state index in [9.17, 15) is 20.0 Å². The number of nitrogen functional groups attached to an aromatic ring is 1. The van der Waals surface area contributed by atoms with E-state index in [-0.39, 0.29) is 23.6 Å². The number of aliphatic hydroxyl groups excluding tert-OH is 2. The second-order valence-corrected chi connectivity index (χ2v) is 8.04. The van der Waals surface area contributed by atoms with E-state index in [1.807, 2.05) is 0 Å². The fourth-order valence-electron chi connectivity index (χ4n) is 2.41. The normalized spacial score (nSPS) is 15.1. The topological polar surface area (TPSA) is 157 Å². The van der Waals surface area contributed by atoms with Crippen LogP contribution in [-0.4, -0.2) is 61.0 Å². The van der Waals surface area contributed by atoms with Gasteiger partial charge >= 0.3 is 8.03 Å². The fraction of sp³-hybridized carbons (Fsp3) is 0.667. The molecule has 0 spiro atoms. The van der Waals surface area contributed by atoms with Crippen molar-refractivity contribution in [2.24, 2.45) is 0 Å². The maximum Gasteiger partial charge on any atom is 0.508 e. The van der Waals surface area contributed by atoms with Crippen molar-refractivity contribution >= 4 is 25.0 Å². The van der Waals surface area contributed by atoms with Gasteiger partial charge in [-0.05, 0) is 25.3 Å². The summed E-state index contributed by atoms with van der Waals surface area (Å²) in [5.74, 6) is -0.0195. The van der Waals surface area contributed by atoms with Crippen molar-refractivity contribution < 1.29 is 34.0 Å². The standard InChI is InChI=1S/C15H25N5O6P/c1-4-27(24)26-15(2,3)5-6-25-14(10(22)7-21)19-8-17-11-12(16)20(23)9-18-13(11)19/h8-10,14,16,21-23H,4-7H2,1-3H3/q+1/p+1/t10-,14?/m1/s1. The molecule has 3 atom stereocenters. The van der Waals surface area contributed by atoms with Crippen LogP contribution >= 0.6 is 8.03 Å². The van der Waals surface area contributed by atoms with E-state index in [1.54, 1.807) is 20.8 Å². The Hall–Kier alpha value is -1.91. The van der Waals surface area contributed by atoms with Crippen molar-refractivity contribution in [3.8, 4) is 0 Å². The van der Waals surface area contributed by atoms with E-state index < -0.39 is 32.6 Å². The number of aliphatic hydroxyl groups is 2. The number of ether oxygens (including phenoxy) is 1. The number of anilines is 1. The largest absolute Gasteiger partial charge is 0.508 e. The highest BCUT2D eigenvalue weighted by Gasteiger charge is 2.32. The van der Waals surface area contributed by atoms with E-state index in [1.165, 1.54) is 10.9 Å². The third-order valence-electron chi connectivity index (χ3n) is 3.94. The smallest absolute Gasteiger partial charge is 0.394 e. The second kappa shape index (κ2) is 8.85. The second-order valence-electron chi connectivity index (χ2n) is 6.56. The van der Waals surface area contributed by atoms with Gasteiger partial charge in [-0.1, -0.05) is 9.71 Å². The lowest BCUT2D eigenvalue weighted by atomic mass is 10.1. The van der Waals surface area contributed by atoms with Gasteiger partial charge in [-0.25, -0.2) is 4.98 Å². The molecule has 0 saturated carbocycles. The van der Waals surface area contributed by atoms with Gasteiger partial charge in [0.2, 0.25) is 11.2 Å². The van der Waals surface area contributed by atoms with E-state index in [2.05, 4.69) is 9.97 Å². The number of nitrogens with zero attached hydrogens (tertiary/aromatic N) is 4. The molecular weight excluding hydrogens is 377 g/mol. The number of nitrogens with two attached hydrogens (primary N) is 1. The van der Waals surface area contributed by atoms with Gasteiger partial charge < -0.3 is 25.9 Å². The lowest BCUT2D eigenvalue weighted by Gasteiger charge is -2.25. The summed E-state index contributed by atoms with van der Waals surface area (Å²) in [5, 5.41) is 29.1. The van der Waals surface area contributed by atoms with Crippen molar-refractivity contribution in [1.29, 1.82) is 0 Å². The van der Waals surface area contributed by atoms with E-state index >= 15 is 0 Å². The van der Waals surface area contributed by atoms with E-state index in [4.69, 9.17) is 15.0 Å². The molecule has 0 aliphatic heterocycles. The Morgan fingerprint density at radius 2 is 2.15 bits per heavy atom. The molecule has 0 aliphatic carbocycles. The molecule has 0 fully saturated rings. The van der Waals surface area contributed by atoms with Gasteiger partial charge in [0, 0.05) is 6.42 Å². The Morgan fingerprint density at radius 3 is 2.78 bits per heavy atom. The van der Waals surface area contributed by atoms with Crippen molar-refractivity contribution in [2.75, 3.05) is 25.1 Å². The van der Waals surface area contributed by atoms with Crippen LogP contribution in [0.4, 0.5) is 5.82 Å². The summed E-state index contributed by atoms with van der Waals surface area (Å²) in [6.45, 7) is 4.98. The lowest BCUT2D eigenvalue weighted by Crippen LogP contribution is -2.35. The molecule has 2 heterocycles. The molecule has 2 rings (SSSR count). The summed E-state index contributed by atoms with van der Waals surface area (Å²) >= 11 is 0. The van der Waals surface area contributed by atoms with Gasteiger partial charge in [-0.2, -0.15) is 0 Å². The minimum absolute atomic E-state index is 0.0195. The molecule has 2 aromatic rings. The van der Waals surface area contributed by atoms with Gasteiger partial charge in [0.25, 0.3) is 12.1 Å². The molecule has 27 heavy (non-hydrogen) atoms. The van der Waals surface area contributed by atoms with Crippen LogP contribution in [0.1, 0.15) is 33.4 Å². The molecule has 150 valence electrons. The first kappa shape index (κ1) is 21.4. The zero-order valence-corrected chi connectivity index (χ0v) is 16.4. The molecule has 0 aromatic carbocycles. The van der Waals surface area contributed by atoms with Gasteiger partial charge in [-0.15, -0.1) is 4.52 Å². The monoisotopic (exact) mass is 403 g/mol. The van der Waals surface area contributed by atoms with Crippen LogP contribution in [0.15, 0.2) is 12.7 Å². The lowest BCUT2D eigenvalue weighted by molar-refractivity contribution is -0.894. The minimum Gasteiger partial charge on any atom is -0.394 e. The van der Waals surface area contributed by atoms with E-state index in [0.29, 0.717) is 17.3 Å². The van der Waals surface area contributed by atoms with Crippen molar-refractivity contribution in [3.63, 3.8) is 0 Å². The number of hydrogen-bond donors (Lipinski definition) is 4. The van der Waals surface area contributed by atoms with E-state index in [0.717, 1.165) is 6.33 Å². The molecule has 0 aliphatic rings. The Labute approximate surface area is 157 Å². The molecule has 5 N–H and O–H groups in total. The number of aromatic nitrogens is 4. The van der Waals surface area contributed by atoms with Crippen LogP contribution in [0.5, 0.6) is 0 Å². The number of fused-ring (bicyclic) bond motifs is 1. The molecule has 0 radical (unpaired) electrons. The van der Waals surface area contributed by atoms with Gasteiger partial charge in [0.05, 0.1) is 13.2 Å². The molecule has 2 unspecified atom stereocenters. The molecule has 11 nitrogen and oxygen atoms in total. The first-order valence-electron chi connectivity index (χ1n) is 8.46. The SMILES string of the molecule is CC[P+](=O)OC(C)(C)CCOC([C@H](O)CO)n1cnc2c(N)[n+](O)cnc21. The first-order chi connectivity index (χ1) is 12.7. The highest BCUT2D eigenvalue weighted by atomic mass is 31.1. The molecule has 0 saturated heterocycles. The van der Waals surface area contributed by atoms with Gasteiger partial charge in [0.1, 0.15) is 18.0 Å². The quantitative estimate of drug-likeness (QED) is 0.250. The third kappa shape index (κ3) is 5.08. The molecule has 12 heteroatoms. The maximum absolute atomic E-state index is 11.6. The zero-order valence-electron chi connectivity index (χ0n) is 15.5. The summed E-state index contributed by atoms with van der Waals surface area (Å²) in [6, 6.07) is 0. The summed E-state index contributed by atoms with van der Waals surface area (Å²) in [4.78, 5) is 8.13. The molecule has 0 amide bonds. The van der Waals surface area contributed by atoms with Crippen molar-refractivity contribution in [1.82, 2.24) is 14.5 Å². The van der Waals surface area contributed by atoms with Crippen LogP contribution in [0.3, 0.4) is 0 Å². The maximum atomic E-state index is 11.6. The number of imidazole rings is 1. The number of rotatable bonds is 10. The molecule has 2 aromatic heterocycles. The van der Waals surface area contributed by atoms with Crippen LogP contribution in [-0.2, 0) is 13.8 Å². The average Bonchev–Trinajstić information content (AvgIpc) is 3.05. The zero-order chi connectivity index (χ0) is 20.2. The van der Waals surface area contributed by atoms with Gasteiger partial charge in [-0.3, -0.25) is 4.57 Å². The summed E-state index contributed by atoms with van der Waals surface area (Å²) in [6.07, 6.45) is 1.04. The van der Waals surface area contributed by atoms with Crippen LogP contribution in [0, 0.1) is 0 Å². The third-order valence-corrected chi connectivity index (χ3v) is 5.15. The molecular formula is C15H26N5O6P+2. The van der Waals surface area contributed by atoms with Crippen molar-refractivity contribution in [2.45, 2.75) is 45.1 Å². The summed E-state index contributed by atoms with van der Waals surface area (Å²) < 4.78 is 24.9. The van der Waals surface area contributed by atoms with Crippen LogP contribution in [0.25, 0.3) is 11.2 Å². The number of hydrogen-bond acceptors (Lipinski definition) is 9. The summed E-state index contributed by atoms with van der Waals surface area (Å²) in [5.41, 5.74) is 5.58. The Kier molecular flexibility index (Phi) is 7.01. The fourth-order valence-corrected chi connectivity index (χ4v) is 3.18. The summed E-state index contributed by atoms with van der Waals surface area (Å²) in [7, 11) is -1.74. The Morgan fingerprint density at radius 1 is 1.44 bits per heavy atom. The average molecular weight is 403 g/mol. The van der Waals surface area contributed by atoms with Gasteiger partial charge in [0.15, 0.2) is 12.4 Å². The Bertz CT molecular complexity index is 798. The predicted molar refractivity (Wildman–Crippen MR) is 95.3 cm³/mol. The van der Waals surface area contributed by atoms with Crippen LogP contribution < -0.4 is 10.5 Å². The minimum atomic E-state index is -1.74. The van der Waals surface area contributed by atoms with Crippen molar-refractivity contribution in [3.05, 3.63) is 12.7 Å². The predicted octanol–water partition coefficient (Wildman–Crippen LogP) is 0.354. The first-order valence-corrected chi connectivity index (χ1v) is 9.82.